The Balaban J connectivity index is 1.84. The molecule has 0 saturated carbocycles. The van der Waals surface area contributed by atoms with Gasteiger partial charge in [0.2, 0.25) is 0 Å². The van der Waals surface area contributed by atoms with E-state index >= 15 is 0 Å². The molecule has 2 N–H and O–H groups in total. The Kier molecular flexibility index (Phi) is 4.39. The molecule has 1 aromatic heterocycles. The third-order valence-electron chi connectivity index (χ3n) is 3.74. The van der Waals surface area contributed by atoms with E-state index in [1.54, 1.807) is 42.8 Å². The Hall–Kier alpha value is -2.99. The SMILES string of the molecule is Cc1c(C(=O)Nc2cccc(C(C)O)c2)nnn1-c1ccccc1. The molecule has 1 amide bonds. The smallest absolute Gasteiger partial charge is 0.278 e. The molecule has 0 aliphatic heterocycles. The van der Waals surface area contributed by atoms with Crippen LogP contribution in [-0.2, 0) is 0 Å². The van der Waals surface area contributed by atoms with Gasteiger partial charge in [-0.1, -0.05) is 35.5 Å². The van der Waals surface area contributed by atoms with Gasteiger partial charge in [-0.15, -0.1) is 5.10 Å². The van der Waals surface area contributed by atoms with Crippen LogP contribution in [0.3, 0.4) is 0 Å². The van der Waals surface area contributed by atoms with Gasteiger partial charge in [0.1, 0.15) is 0 Å². The van der Waals surface area contributed by atoms with Gasteiger partial charge in [0.05, 0.1) is 17.5 Å². The Bertz CT molecular complexity index is 856. The van der Waals surface area contributed by atoms with Crippen molar-refractivity contribution in [2.75, 3.05) is 5.32 Å². The zero-order valence-corrected chi connectivity index (χ0v) is 13.5. The van der Waals surface area contributed by atoms with E-state index < -0.39 is 6.10 Å². The number of aliphatic hydroxyl groups excluding tert-OH is 1. The van der Waals surface area contributed by atoms with Crippen LogP contribution in [0.25, 0.3) is 5.69 Å². The van der Waals surface area contributed by atoms with Crippen molar-refractivity contribution in [1.29, 1.82) is 0 Å². The zero-order valence-electron chi connectivity index (χ0n) is 13.5. The molecule has 0 aliphatic rings. The lowest BCUT2D eigenvalue weighted by Gasteiger charge is -2.08. The zero-order chi connectivity index (χ0) is 17.1. The Morgan fingerprint density at radius 3 is 2.62 bits per heavy atom. The van der Waals surface area contributed by atoms with Crippen LogP contribution >= 0.6 is 0 Å². The lowest BCUT2D eigenvalue weighted by molar-refractivity contribution is 0.102. The number of hydrogen-bond donors (Lipinski definition) is 2. The first kappa shape index (κ1) is 15.9. The van der Waals surface area contributed by atoms with Crippen LogP contribution in [0.4, 0.5) is 5.69 Å². The lowest BCUT2D eigenvalue weighted by Crippen LogP contribution is -2.14. The molecule has 0 radical (unpaired) electrons. The predicted molar refractivity (Wildman–Crippen MR) is 91.1 cm³/mol. The van der Waals surface area contributed by atoms with Gasteiger partial charge in [-0.2, -0.15) is 0 Å². The Morgan fingerprint density at radius 2 is 1.92 bits per heavy atom. The summed E-state index contributed by atoms with van der Waals surface area (Å²) in [5.74, 6) is -0.336. The molecular formula is C18H18N4O2. The fourth-order valence-electron chi connectivity index (χ4n) is 2.42. The number of para-hydroxylation sites is 1. The Morgan fingerprint density at radius 1 is 1.17 bits per heavy atom. The highest BCUT2D eigenvalue weighted by Crippen LogP contribution is 2.18. The highest BCUT2D eigenvalue weighted by Gasteiger charge is 2.17. The molecule has 3 aromatic rings. The molecule has 1 heterocycles. The molecule has 0 aliphatic carbocycles. The lowest BCUT2D eigenvalue weighted by atomic mass is 10.1. The van der Waals surface area contributed by atoms with E-state index in [0.717, 1.165) is 11.3 Å². The van der Waals surface area contributed by atoms with Crippen molar-refractivity contribution in [2.24, 2.45) is 0 Å². The molecule has 122 valence electrons. The number of carbonyl (C=O) groups excluding carboxylic acids is 1. The summed E-state index contributed by atoms with van der Waals surface area (Å²) < 4.78 is 1.63. The fourth-order valence-corrected chi connectivity index (χ4v) is 2.42. The summed E-state index contributed by atoms with van der Waals surface area (Å²) in [6.07, 6.45) is -0.595. The third-order valence-corrected chi connectivity index (χ3v) is 3.74. The maximum atomic E-state index is 12.5. The molecule has 6 heteroatoms. The maximum Gasteiger partial charge on any atom is 0.278 e. The molecular weight excluding hydrogens is 304 g/mol. The first-order chi connectivity index (χ1) is 11.6. The molecule has 24 heavy (non-hydrogen) atoms. The van der Waals surface area contributed by atoms with Crippen LogP contribution < -0.4 is 5.32 Å². The van der Waals surface area contributed by atoms with Crippen LogP contribution in [0.15, 0.2) is 54.6 Å². The highest BCUT2D eigenvalue weighted by molar-refractivity contribution is 6.03. The Labute approximate surface area is 139 Å². The number of amides is 1. The topological polar surface area (TPSA) is 80.0 Å². The number of aromatic nitrogens is 3. The molecule has 0 saturated heterocycles. The summed E-state index contributed by atoms with van der Waals surface area (Å²) in [6.45, 7) is 3.48. The van der Waals surface area contributed by atoms with Gasteiger partial charge in [0.25, 0.3) is 5.91 Å². The minimum absolute atomic E-state index is 0.265. The van der Waals surface area contributed by atoms with Crippen LogP contribution in [0.5, 0.6) is 0 Å². The maximum absolute atomic E-state index is 12.5. The van der Waals surface area contributed by atoms with E-state index in [9.17, 15) is 9.90 Å². The number of nitrogens with zero attached hydrogens (tertiary/aromatic N) is 3. The number of anilines is 1. The van der Waals surface area contributed by atoms with Crippen LogP contribution in [-0.4, -0.2) is 26.0 Å². The number of rotatable bonds is 4. The van der Waals surface area contributed by atoms with Crippen molar-refractivity contribution >= 4 is 11.6 Å². The highest BCUT2D eigenvalue weighted by atomic mass is 16.3. The summed E-state index contributed by atoms with van der Waals surface area (Å²) in [5, 5.41) is 20.5. The van der Waals surface area contributed by atoms with Crippen LogP contribution in [0, 0.1) is 6.92 Å². The second-order valence-corrected chi connectivity index (χ2v) is 5.53. The summed E-state index contributed by atoms with van der Waals surface area (Å²) in [7, 11) is 0. The monoisotopic (exact) mass is 322 g/mol. The second kappa shape index (κ2) is 6.64. The van der Waals surface area contributed by atoms with Crippen molar-refractivity contribution in [2.45, 2.75) is 20.0 Å². The predicted octanol–water partition coefficient (Wildman–Crippen LogP) is 2.88. The number of benzene rings is 2. The minimum Gasteiger partial charge on any atom is -0.389 e. The molecule has 0 bridgehead atoms. The average molecular weight is 322 g/mol. The summed E-state index contributed by atoms with van der Waals surface area (Å²) >= 11 is 0. The molecule has 1 atom stereocenters. The molecule has 0 spiro atoms. The number of hydrogen-bond acceptors (Lipinski definition) is 4. The van der Waals surface area contributed by atoms with Gasteiger partial charge < -0.3 is 10.4 Å². The van der Waals surface area contributed by atoms with E-state index in [0.29, 0.717) is 11.4 Å². The molecule has 0 fully saturated rings. The summed E-state index contributed by atoms with van der Waals surface area (Å²) in [6, 6.07) is 16.6. The molecule has 3 rings (SSSR count). The van der Waals surface area contributed by atoms with Crippen molar-refractivity contribution in [3.05, 3.63) is 71.5 Å². The summed E-state index contributed by atoms with van der Waals surface area (Å²) in [4.78, 5) is 12.5. The van der Waals surface area contributed by atoms with E-state index in [1.165, 1.54) is 0 Å². The molecule has 1 unspecified atom stereocenters. The van der Waals surface area contributed by atoms with Crippen molar-refractivity contribution < 1.29 is 9.90 Å². The summed E-state index contributed by atoms with van der Waals surface area (Å²) in [5.41, 5.74) is 3.11. The molecule has 2 aromatic carbocycles. The number of carbonyl (C=O) groups is 1. The number of nitrogens with one attached hydrogen (secondary N) is 1. The second-order valence-electron chi connectivity index (χ2n) is 5.53. The van der Waals surface area contributed by atoms with Gasteiger partial charge in [0, 0.05) is 5.69 Å². The quantitative estimate of drug-likeness (QED) is 0.774. The van der Waals surface area contributed by atoms with Crippen molar-refractivity contribution in [1.82, 2.24) is 15.0 Å². The van der Waals surface area contributed by atoms with Crippen LogP contribution in [0.1, 0.15) is 34.8 Å². The largest absolute Gasteiger partial charge is 0.389 e. The van der Waals surface area contributed by atoms with Gasteiger partial charge in [-0.25, -0.2) is 4.68 Å². The normalized spacial score (nSPS) is 12.0. The van der Waals surface area contributed by atoms with Gasteiger partial charge in [-0.05, 0) is 43.7 Å². The standard InChI is InChI=1S/C18H18N4O2/c1-12-17(20-21-22(12)16-9-4-3-5-10-16)18(24)19-15-8-6-7-14(11-15)13(2)23/h3-11,13,23H,1-2H3,(H,19,24). The molecule has 6 nitrogen and oxygen atoms in total. The van der Waals surface area contributed by atoms with Crippen molar-refractivity contribution in [3.8, 4) is 5.69 Å². The minimum atomic E-state index is -0.595. The first-order valence-corrected chi connectivity index (χ1v) is 7.63. The van der Waals surface area contributed by atoms with Gasteiger partial charge in [-0.3, -0.25) is 4.79 Å². The number of aliphatic hydroxyl groups is 1. The average Bonchev–Trinajstić information content (AvgIpc) is 2.97. The third kappa shape index (κ3) is 3.18. The van der Waals surface area contributed by atoms with Crippen LogP contribution in [0.2, 0.25) is 0 Å². The van der Waals surface area contributed by atoms with E-state index in [2.05, 4.69) is 15.6 Å². The van der Waals surface area contributed by atoms with E-state index in [-0.39, 0.29) is 11.6 Å². The van der Waals surface area contributed by atoms with E-state index in [1.807, 2.05) is 30.3 Å². The van der Waals surface area contributed by atoms with Crippen molar-refractivity contribution in [3.63, 3.8) is 0 Å². The van der Waals surface area contributed by atoms with Gasteiger partial charge in [0.15, 0.2) is 5.69 Å². The first-order valence-electron chi connectivity index (χ1n) is 7.63. The fraction of sp³-hybridized carbons (Fsp3) is 0.167. The van der Waals surface area contributed by atoms with E-state index in [4.69, 9.17) is 0 Å². The van der Waals surface area contributed by atoms with Gasteiger partial charge >= 0.3 is 0 Å².